The minimum atomic E-state index is 0.692. The molecule has 0 atom stereocenters. The van der Waals surface area contributed by atoms with Gasteiger partial charge in [-0.25, -0.2) is 4.68 Å². The molecular weight excluding hydrogens is 304 g/mol. The highest BCUT2D eigenvalue weighted by Crippen LogP contribution is 2.26. The Labute approximate surface area is 140 Å². The Morgan fingerprint density at radius 3 is 2.57 bits per heavy atom. The van der Waals surface area contributed by atoms with Gasteiger partial charge in [-0.15, -0.1) is 10.2 Å². The number of aromatic nitrogens is 3. The molecule has 5 heteroatoms. The number of rotatable bonds is 4. The van der Waals surface area contributed by atoms with Gasteiger partial charge in [0.15, 0.2) is 5.82 Å². The molecule has 118 valence electrons. The highest BCUT2D eigenvalue weighted by molar-refractivity contribution is 7.98. The fraction of sp³-hybridized carbons (Fsp3) is 0.222. The number of aryl methyl sites for hydroxylation is 3. The summed E-state index contributed by atoms with van der Waals surface area (Å²) in [6.07, 6.45) is 0. The highest BCUT2D eigenvalue weighted by Gasteiger charge is 2.12. The van der Waals surface area contributed by atoms with Crippen molar-refractivity contribution < 1.29 is 0 Å². The second-order valence-corrected chi connectivity index (χ2v) is 6.71. The Bertz CT molecular complexity index is 839. The first-order valence-corrected chi connectivity index (χ1v) is 8.49. The maximum Gasteiger partial charge on any atom is 0.210 e. The van der Waals surface area contributed by atoms with Crippen molar-refractivity contribution in [1.29, 1.82) is 0 Å². The van der Waals surface area contributed by atoms with Crippen molar-refractivity contribution >= 4 is 11.8 Å². The first kappa shape index (κ1) is 15.6. The molecule has 2 aromatic carbocycles. The normalized spacial score (nSPS) is 10.9. The second kappa shape index (κ2) is 6.46. The van der Waals surface area contributed by atoms with Crippen LogP contribution in [0.2, 0.25) is 0 Å². The predicted molar refractivity (Wildman–Crippen MR) is 95.8 cm³/mol. The van der Waals surface area contributed by atoms with E-state index in [9.17, 15) is 0 Å². The Hall–Kier alpha value is -2.27. The molecule has 0 saturated heterocycles. The van der Waals surface area contributed by atoms with Crippen LogP contribution in [0.3, 0.4) is 0 Å². The lowest BCUT2D eigenvalue weighted by Gasteiger charge is -2.07. The zero-order chi connectivity index (χ0) is 16.4. The molecule has 0 unspecified atom stereocenters. The van der Waals surface area contributed by atoms with E-state index in [1.807, 2.05) is 12.1 Å². The first-order chi connectivity index (χ1) is 11.0. The van der Waals surface area contributed by atoms with Crippen LogP contribution < -0.4 is 5.84 Å². The molecule has 23 heavy (non-hydrogen) atoms. The van der Waals surface area contributed by atoms with Crippen molar-refractivity contribution in [2.45, 2.75) is 31.7 Å². The average Bonchev–Trinajstić information content (AvgIpc) is 2.89. The molecule has 0 aliphatic rings. The van der Waals surface area contributed by atoms with Crippen molar-refractivity contribution in [2.75, 3.05) is 5.84 Å². The van der Waals surface area contributed by atoms with Gasteiger partial charge in [0, 0.05) is 11.3 Å². The van der Waals surface area contributed by atoms with Gasteiger partial charge in [0.05, 0.1) is 0 Å². The summed E-state index contributed by atoms with van der Waals surface area (Å²) in [5.41, 5.74) is 6.01. The Kier molecular flexibility index (Phi) is 4.39. The van der Waals surface area contributed by atoms with Crippen LogP contribution in [-0.4, -0.2) is 14.9 Å². The lowest BCUT2D eigenvalue weighted by molar-refractivity contribution is 0.849. The van der Waals surface area contributed by atoms with E-state index < -0.39 is 0 Å². The van der Waals surface area contributed by atoms with E-state index in [2.05, 4.69) is 61.3 Å². The Morgan fingerprint density at radius 2 is 1.78 bits per heavy atom. The SMILES string of the molecule is Cc1cccc(-c2nnc(SCc3cc(C)ccc3C)n2N)c1. The van der Waals surface area contributed by atoms with E-state index in [0.29, 0.717) is 5.82 Å². The second-order valence-electron chi connectivity index (χ2n) is 5.76. The number of nitrogens with two attached hydrogens (primary N) is 1. The Morgan fingerprint density at radius 1 is 1.00 bits per heavy atom. The molecule has 0 aliphatic heterocycles. The van der Waals surface area contributed by atoms with Gasteiger partial charge in [-0.1, -0.05) is 59.3 Å². The number of nitrogen functional groups attached to an aromatic ring is 1. The van der Waals surface area contributed by atoms with Crippen LogP contribution in [0.1, 0.15) is 22.3 Å². The molecule has 2 N–H and O–H groups in total. The fourth-order valence-corrected chi connectivity index (χ4v) is 3.37. The van der Waals surface area contributed by atoms with Gasteiger partial charge in [-0.3, -0.25) is 0 Å². The van der Waals surface area contributed by atoms with E-state index >= 15 is 0 Å². The van der Waals surface area contributed by atoms with Gasteiger partial charge in [-0.05, 0) is 38.0 Å². The minimum absolute atomic E-state index is 0.692. The molecule has 1 heterocycles. The number of hydrogen-bond donors (Lipinski definition) is 1. The van der Waals surface area contributed by atoms with Gasteiger partial charge in [0.25, 0.3) is 0 Å². The fourth-order valence-electron chi connectivity index (χ4n) is 2.45. The largest absolute Gasteiger partial charge is 0.335 e. The molecule has 1 aromatic heterocycles. The first-order valence-electron chi connectivity index (χ1n) is 7.51. The topological polar surface area (TPSA) is 56.7 Å². The molecule has 0 amide bonds. The van der Waals surface area contributed by atoms with E-state index in [4.69, 9.17) is 5.84 Å². The summed E-state index contributed by atoms with van der Waals surface area (Å²) in [7, 11) is 0. The summed E-state index contributed by atoms with van der Waals surface area (Å²) in [4.78, 5) is 0. The van der Waals surface area contributed by atoms with Gasteiger partial charge in [0.1, 0.15) is 0 Å². The molecule has 0 fully saturated rings. The van der Waals surface area contributed by atoms with Gasteiger partial charge < -0.3 is 5.84 Å². The molecular formula is C18H20N4S. The summed E-state index contributed by atoms with van der Waals surface area (Å²) < 4.78 is 1.57. The Balaban J connectivity index is 1.81. The number of hydrogen-bond acceptors (Lipinski definition) is 4. The van der Waals surface area contributed by atoms with Gasteiger partial charge >= 0.3 is 0 Å². The lowest BCUT2D eigenvalue weighted by Crippen LogP contribution is -2.11. The van der Waals surface area contributed by atoms with Crippen LogP contribution in [0.4, 0.5) is 0 Å². The molecule has 0 bridgehead atoms. The third-order valence-corrected chi connectivity index (χ3v) is 4.79. The smallest absolute Gasteiger partial charge is 0.210 e. The maximum absolute atomic E-state index is 6.19. The molecule has 0 aliphatic carbocycles. The van der Waals surface area contributed by atoms with Crippen LogP contribution in [0.15, 0.2) is 47.6 Å². The van der Waals surface area contributed by atoms with E-state index in [1.165, 1.54) is 22.3 Å². The third-order valence-electron chi connectivity index (χ3n) is 3.80. The zero-order valence-electron chi connectivity index (χ0n) is 13.6. The summed E-state index contributed by atoms with van der Waals surface area (Å²) in [5, 5.41) is 9.21. The summed E-state index contributed by atoms with van der Waals surface area (Å²) in [6.45, 7) is 6.28. The molecule has 0 spiro atoms. The van der Waals surface area contributed by atoms with Crippen molar-refractivity contribution in [3.63, 3.8) is 0 Å². The monoisotopic (exact) mass is 324 g/mol. The highest BCUT2D eigenvalue weighted by atomic mass is 32.2. The molecule has 3 rings (SSSR count). The summed E-state index contributed by atoms with van der Waals surface area (Å²) >= 11 is 1.61. The van der Waals surface area contributed by atoms with Crippen LogP contribution in [0.5, 0.6) is 0 Å². The number of benzene rings is 2. The van der Waals surface area contributed by atoms with Crippen molar-refractivity contribution in [3.8, 4) is 11.4 Å². The predicted octanol–water partition coefficient (Wildman–Crippen LogP) is 3.88. The van der Waals surface area contributed by atoms with E-state index in [0.717, 1.165) is 16.5 Å². The van der Waals surface area contributed by atoms with Crippen LogP contribution in [-0.2, 0) is 5.75 Å². The molecule has 0 radical (unpaired) electrons. The lowest BCUT2D eigenvalue weighted by atomic mass is 10.1. The average molecular weight is 324 g/mol. The molecule has 4 nitrogen and oxygen atoms in total. The standard InChI is InChI=1S/C18H20N4S/c1-12-5-4-6-15(9-12)17-20-21-18(22(17)19)23-11-16-10-13(2)7-8-14(16)3/h4-10H,11,19H2,1-3H3. The third kappa shape index (κ3) is 3.40. The number of thioether (sulfide) groups is 1. The molecule has 3 aromatic rings. The number of nitrogens with zero attached hydrogens (tertiary/aromatic N) is 3. The van der Waals surface area contributed by atoms with Crippen molar-refractivity contribution in [2.24, 2.45) is 0 Å². The maximum atomic E-state index is 6.19. The van der Waals surface area contributed by atoms with Crippen LogP contribution in [0.25, 0.3) is 11.4 Å². The van der Waals surface area contributed by atoms with E-state index in [1.54, 1.807) is 16.4 Å². The van der Waals surface area contributed by atoms with E-state index in [-0.39, 0.29) is 0 Å². The van der Waals surface area contributed by atoms with Crippen molar-refractivity contribution in [3.05, 3.63) is 64.7 Å². The summed E-state index contributed by atoms with van der Waals surface area (Å²) in [6, 6.07) is 14.6. The van der Waals surface area contributed by atoms with Crippen molar-refractivity contribution in [1.82, 2.24) is 14.9 Å². The quantitative estimate of drug-likeness (QED) is 0.584. The summed E-state index contributed by atoms with van der Waals surface area (Å²) in [5.74, 6) is 7.71. The van der Waals surface area contributed by atoms with Crippen LogP contribution >= 0.6 is 11.8 Å². The molecule has 0 saturated carbocycles. The zero-order valence-corrected chi connectivity index (χ0v) is 14.4. The minimum Gasteiger partial charge on any atom is -0.335 e. The van der Waals surface area contributed by atoms with Gasteiger partial charge in [0.2, 0.25) is 5.16 Å². The van der Waals surface area contributed by atoms with Gasteiger partial charge in [-0.2, -0.15) is 0 Å². The van der Waals surface area contributed by atoms with Crippen LogP contribution in [0, 0.1) is 20.8 Å².